The number of hydrogen-bond donors (Lipinski definition) is 3. The molecule has 0 aliphatic heterocycles. The number of carbonyl (C=O) groups is 3. The average Bonchev–Trinajstić information content (AvgIpc) is 3.92. The summed E-state index contributed by atoms with van der Waals surface area (Å²) in [4.78, 5) is 55.4. The number of fused-ring (bicyclic) bond motifs is 1. The molecule has 3 aromatic rings. The molecule has 0 atom stereocenters. The second-order valence-corrected chi connectivity index (χ2v) is 13.5. The summed E-state index contributed by atoms with van der Waals surface area (Å²) in [5.41, 5.74) is 2.94. The molecule has 50 heavy (non-hydrogen) atoms. The van der Waals surface area contributed by atoms with Crippen molar-refractivity contribution in [3.8, 4) is 0 Å². The van der Waals surface area contributed by atoms with Crippen LogP contribution in [0, 0.1) is 5.82 Å². The van der Waals surface area contributed by atoms with Gasteiger partial charge in [0.05, 0.1) is 11.0 Å². The molecule has 2 amide bonds. The Morgan fingerprint density at radius 3 is 2.14 bits per heavy atom. The molecule has 2 aromatic heterocycles. The third kappa shape index (κ3) is 12.5. The molecule has 0 unspecified atom stereocenters. The Morgan fingerprint density at radius 2 is 1.52 bits per heavy atom. The van der Waals surface area contributed by atoms with Crippen LogP contribution in [0.2, 0.25) is 0 Å². The molecule has 0 saturated heterocycles. The van der Waals surface area contributed by atoms with E-state index >= 15 is 0 Å². The van der Waals surface area contributed by atoms with Crippen molar-refractivity contribution < 1.29 is 23.9 Å². The van der Waals surface area contributed by atoms with Crippen LogP contribution in [0.5, 0.6) is 0 Å². The van der Waals surface area contributed by atoms with Crippen molar-refractivity contribution in [2.45, 2.75) is 128 Å². The molecule has 0 radical (unpaired) electrons. The number of carbonyl (C=O) groups excluding carboxylic acids is 2. The van der Waals surface area contributed by atoms with Gasteiger partial charge in [-0.15, -0.1) is 0 Å². The molecule has 1 aromatic carbocycles. The predicted octanol–water partition coefficient (Wildman–Crippen LogP) is 7.41. The number of benzene rings is 1. The van der Waals surface area contributed by atoms with E-state index in [0.29, 0.717) is 29.4 Å². The van der Waals surface area contributed by atoms with Gasteiger partial charge in [-0.25, -0.2) is 4.39 Å². The molecular formula is C40H53FN4O5. The fourth-order valence-corrected chi connectivity index (χ4v) is 6.34. The lowest BCUT2D eigenvalue weighted by Crippen LogP contribution is -2.38. The van der Waals surface area contributed by atoms with Gasteiger partial charge in [0.1, 0.15) is 17.9 Å². The molecule has 0 bridgehead atoms. The Bertz CT molecular complexity index is 1660. The maximum atomic E-state index is 14.0. The van der Waals surface area contributed by atoms with Crippen LogP contribution in [0.15, 0.2) is 53.5 Å². The maximum absolute atomic E-state index is 14.0. The highest BCUT2D eigenvalue weighted by molar-refractivity contribution is 5.99. The van der Waals surface area contributed by atoms with Gasteiger partial charge in [-0.3, -0.25) is 28.7 Å². The quantitative estimate of drug-likeness (QED) is 0.0703. The molecule has 1 saturated carbocycles. The number of carboxylic acids is 1. The van der Waals surface area contributed by atoms with Crippen molar-refractivity contribution in [2.24, 2.45) is 0 Å². The normalized spacial score (nSPS) is 12.8. The monoisotopic (exact) mass is 688 g/mol. The minimum atomic E-state index is -0.710. The highest BCUT2D eigenvalue weighted by Gasteiger charge is 2.26. The fourth-order valence-electron chi connectivity index (χ4n) is 6.34. The minimum absolute atomic E-state index is 0.0444. The first-order chi connectivity index (χ1) is 24.3. The summed E-state index contributed by atoms with van der Waals surface area (Å²) in [6.45, 7) is -0.205. The predicted molar refractivity (Wildman–Crippen MR) is 195 cm³/mol. The van der Waals surface area contributed by atoms with E-state index in [4.69, 9.17) is 10.1 Å². The van der Waals surface area contributed by atoms with Gasteiger partial charge in [0.15, 0.2) is 0 Å². The molecule has 1 aliphatic carbocycles. The second kappa shape index (κ2) is 20.4. The number of amides is 2. The maximum Gasteiger partial charge on any atom is 0.303 e. The van der Waals surface area contributed by atoms with Crippen molar-refractivity contribution in [1.29, 1.82) is 0 Å². The van der Waals surface area contributed by atoms with Crippen molar-refractivity contribution in [2.75, 3.05) is 7.05 Å². The number of halogens is 1. The van der Waals surface area contributed by atoms with Gasteiger partial charge in [-0.1, -0.05) is 69.2 Å². The number of pyridine rings is 2. The van der Waals surface area contributed by atoms with Gasteiger partial charge in [0, 0.05) is 25.7 Å². The van der Waals surface area contributed by atoms with Gasteiger partial charge in [-0.2, -0.15) is 0 Å². The van der Waals surface area contributed by atoms with Gasteiger partial charge < -0.3 is 15.7 Å². The molecule has 0 spiro atoms. The summed E-state index contributed by atoms with van der Waals surface area (Å²) in [6, 6.07) is 8.25. The van der Waals surface area contributed by atoms with Gasteiger partial charge in [0.25, 0.3) is 11.5 Å². The van der Waals surface area contributed by atoms with Crippen molar-refractivity contribution in [3.63, 3.8) is 0 Å². The number of aryl methyl sites for hydroxylation is 1. The van der Waals surface area contributed by atoms with E-state index in [1.165, 1.54) is 23.7 Å². The topological polar surface area (TPSA) is 130 Å². The van der Waals surface area contributed by atoms with E-state index in [1.54, 1.807) is 18.3 Å². The Hall–Kier alpha value is -4.34. The molecule has 270 valence electrons. The van der Waals surface area contributed by atoms with E-state index in [2.05, 4.69) is 22.8 Å². The third-order valence-electron chi connectivity index (χ3n) is 9.26. The van der Waals surface area contributed by atoms with Crippen LogP contribution >= 0.6 is 0 Å². The van der Waals surface area contributed by atoms with Crippen LogP contribution in [-0.2, 0) is 29.0 Å². The summed E-state index contributed by atoms with van der Waals surface area (Å²) in [6.07, 6.45) is 22.9. The number of rotatable bonds is 23. The van der Waals surface area contributed by atoms with Crippen LogP contribution < -0.4 is 16.2 Å². The largest absolute Gasteiger partial charge is 0.481 e. The molecule has 10 heteroatoms. The van der Waals surface area contributed by atoms with Crippen molar-refractivity contribution >= 4 is 28.8 Å². The zero-order chi connectivity index (χ0) is 35.7. The highest BCUT2D eigenvalue weighted by Crippen LogP contribution is 2.24. The number of aromatic nitrogens is 2. The molecule has 9 nitrogen and oxygen atoms in total. The van der Waals surface area contributed by atoms with Crippen molar-refractivity contribution in [1.82, 2.24) is 20.2 Å². The standard InChI is InChI=1S/C40H53FN4O5/c1-42-39(49)37-33(17-15-13-11-9-7-5-3-2-4-6-8-10-12-14-16-18-36(47)48)38-34(45(40(37)50)28-35(46)44-32-23-24-32)26-30(27-43-38)25-29-19-21-31(41)22-20-29/h2,4,19-22,26-27,32H,3,5-18,23-25,28H2,1H3,(H,42,49)(H,44,46)(H,47,48)/b4-2-. The Balaban J connectivity index is 1.34. The van der Waals surface area contributed by atoms with Crippen LogP contribution in [0.1, 0.15) is 130 Å². The average molecular weight is 689 g/mol. The molecular weight excluding hydrogens is 635 g/mol. The zero-order valence-corrected chi connectivity index (χ0v) is 29.5. The third-order valence-corrected chi connectivity index (χ3v) is 9.26. The lowest BCUT2D eigenvalue weighted by molar-refractivity contribution is -0.137. The summed E-state index contributed by atoms with van der Waals surface area (Å²) in [5, 5.41) is 14.3. The molecule has 4 rings (SSSR count). The molecule has 1 fully saturated rings. The SMILES string of the molecule is CNC(=O)c1c(CCCCCCCC/C=C\CCCCCCCC(=O)O)c2ncc(Cc3ccc(F)cc3)cc2n(CC(=O)NC2CC2)c1=O. The number of carboxylic acid groups (broad SMARTS) is 1. The van der Waals surface area contributed by atoms with Crippen LogP contribution in [0.25, 0.3) is 11.0 Å². The van der Waals surface area contributed by atoms with E-state index in [0.717, 1.165) is 107 Å². The van der Waals surface area contributed by atoms with Crippen LogP contribution in [0.4, 0.5) is 4.39 Å². The Labute approximate surface area is 294 Å². The number of nitrogens with zero attached hydrogens (tertiary/aromatic N) is 2. The van der Waals surface area contributed by atoms with Crippen LogP contribution in [-0.4, -0.2) is 45.5 Å². The molecule has 3 N–H and O–H groups in total. The molecule has 2 heterocycles. The lowest BCUT2D eigenvalue weighted by atomic mass is 9.97. The minimum Gasteiger partial charge on any atom is -0.481 e. The Kier molecular flexibility index (Phi) is 15.7. The number of aliphatic carboxylic acids is 1. The highest BCUT2D eigenvalue weighted by atomic mass is 19.1. The first-order valence-electron chi connectivity index (χ1n) is 18.4. The lowest BCUT2D eigenvalue weighted by Gasteiger charge is -2.18. The van der Waals surface area contributed by atoms with Gasteiger partial charge in [0.2, 0.25) is 5.91 Å². The first kappa shape index (κ1) is 38.5. The summed E-state index contributed by atoms with van der Waals surface area (Å²) in [7, 11) is 1.50. The van der Waals surface area contributed by atoms with E-state index in [-0.39, 0.29) is 36.3 Å². The number of hydrogen-bond acceptors (Lipinski definition) is 5. The summed E-state index contributed by atoms with van der Waals surface area (Å²) >= 11 is 0. The number of unbranched alkanes of at least 4 members (excludes halogenated alkanes) is 11. The number of nitrogens with one attached hydrogen (secondary N) is 2. The van der Waals surface area contributed by atoms with Crippen molar-refractivity contribution in [3.05, 3.63) is 87.1 Å². The number of allylic oxidation sites excluding steroid dienone is 2. The first-order valence-corrected chi connectivity index (χ1v) is 18.4. The van der Waals surface area contributed by atoms with E-state index in [1.807, 2.05) is 6.07 Å². The molecule has 1 aliphatic rings. The fraction of sp³-hybridized carbons (Fsp3) is 0.525. The summed E-state index contributed by atoms with van der Waals surface area (Å²) in [5.74, 6) is -1.78. The van der Waals surface area contributed by atoms with E-state index < -0.39 is 17.4 Å². The van der Waals surface area contributed by atoms with Gasteiger partial charge in [-0.05, 0) is 99.1 Å². The smallest absolute Gasteiger partial charge is 0.303 e. The second-order valence-electron chi connectivity index (χ2n) is 13.5. The zero-order valence-electron chi connectivity index (χ0n) is 29.5. The van der Waals surface area contributed by atoms with Gasteiger partial charge >= 0.3 is 5.97 Å². The van der Waals surface area contributed by atoms with E-state index in [9.17, 15) is 23.6 Å². The van der Waals surface area contributed by atoms with Crippen LogP contribution in [0.3, 0.4) is 0 Å². The Morgan fingerprint density at radius 1 is 0.900 bits per heavy atom. The summed E-state index contributed by atoms with van der Waals surface area (Å²) < 4.78 is 14.9.